The van der Waals surface area contributed by atoms with E-state index in [0.29, 0.717) is 23.6 Å². The van der Waals surface area contributed by atoms with Crippen molar-refractivity contribution in [3.8, 4) is 11.8 Å². The van der Waals surface area contributed by atoms with Crippen LogP contribution in [0.1, 0.15) is 32.3 Å². The minimum absolute atomic E-state index is 0.00976. The molecular formula is C18H27FN2O2S. The maximum Gasteiger partial charge on any atom is 0.147 e. The fraction of sp³-hybridized carbons (Fsp3) is 0.611. The zero-order valence-corrected chi connectivity index (χ0v) is 15.4. The Labute approximate surface area is 147 Å². The number of alkyl halides is 1. The van der Waals surface area contributed by atoms with Gasteiger partial charge in [0.05, 0.1) is 11.6 Å². The van der Waals surface area contributed by atoms with Gasteiger partial charge in [-0.3, -0.25) is 0 Å². The molecular weight excluding hydrogens is 327 g/mol. The van der Waals surface area contributed by atoms with Gasteiger partial charge in [-0.05, 0) is 37.2 Å². The van der Waals surface area contributed by atoms with E-state index in [2.05, 4.69) is 0 Å². The molecule has 2 unspecified atom stereocenters. The third-order valence-corrected chi connectivity index (χ3v) is 5.20. The third kappa shape index (κ3) is 8.53. The lowest BCUT2D eigenvalue weighted by Crippen LogP contribution is -2.34. The molecule has 1 rings (SSSR count). The smallest absolute Gasteiger partial charge is 0.147 e. The highest BCUT2D eigenvalue weighted by atomic mass is 32.2. The zero-order valence-electron chi connectivity index (χ0n) is 14.5. The van der Waals surface area contributed by atoms with E-state index in [0.717, 1.165) is 31.7 Å². The minimum atomic E-state index is -1.08. The van der Waals surface area contributed by atoms with Gasteiger partial charge in [-0.25, -0.2) is 4.39 Å². The number of rotatable bonds is 12. The van der Waals surface area contributed by atoms with E-state index in [1.807, 2.05) is 24.8 Å². The van der Waals surface area contributed by atoms with E-state index in [1.165, 1.54) is 0 Å². The van der Waals surface area contributed by atoms with Gasteiger partial charge in [-0.1, -0.05) is 25.0 Å². The summed E-state index contributed by atoms with van der Waals surface area (Å²) in [7, 11) is 0. The van der Waals surface area contributed by atoms with Gasteiger partial charge < -0.3 is 14.2 Å². The number of halogens is 1. The van der Waals surface area contributed by atoms with Gasteiger partial charge in [0, 0.05) is 19.5 Å². The van der Waals surface area contributed by atoms with Crippen molar-refractivity contribution in [2.24, 2.45) is 0 Å². The zero-order chi connectivity index (χ0) is 17.8. The van der Waals surface area contributed by atoms with E-state index >= 15 is 0 Å². The van der Waals surface area contributed by atoms with Gasteiger partial charge in [0.25, 0.3) is 0 Å². The van der Waals surface area contributed by atoms with Crippen LogP contribution in [0.3, 0.4) is 0 Å². The average Bonchev–Trinajstić information content (AvgIpc) is 2.59. The highest BCUT2D eigenvalue weighted by molar-refractivity contribution is 7.91. The van der Waals surface area contributed by atoms with Gasteiger partial charge in [-0.15, -0.1) is 0 Å². The highest BCUT2D eigenvalue weighted by Gasteiger charge is 2.14. The molecule has 6 heteroatoms. The SMILES string of the molecule is CCC[S+]([O-])CCCN(CC)CC(F)COc1ccc(C#N)cc1. The van der Waals surface area contributed by atoms with Crippen LogP contribution in [0.15, 0.2) is 24.3 Å². The predicted molar refractivity (Wildman–Crippen MR) is 96.4 cm³/mol. The van der Waals surface area contributed by atoms with E-state index in [1.54, 1.807) is 24.3 Å². The number of hydrogen-bond donors (Lipinski definition) is 0. The first-order valence-electron chi connectivity index (χ1n) is 8.43. The Balaban J connectivity index is 2.27. The minimum Gasteiger partial charge on any atom is -0.616 e. The molecule has 0 amide bonds. The first kappa shape index (κ1) is 20.8. The normalized spacial score (nSPS) is 13.5. The molecule has 0 aromatic heterocycles. The van der Waals surface area contributed by atoms with Gasteiger partial charge >= 0.3 is 0 Å². The van der Waals surface area contributed by atoms with Crippen molar-refractivity contribution in [2.75, 3.05) is 37.7 Å². The standard InChI is InChI=1S/C18H27FN2O2S/c1-3-11-24(22)12-5-10-21(4-2)14-17(19)15-23-18-8-6-16(13-20)7-9-18/h6-9,17H,3-5,10-12,14-15H2,1-2H3. The summed E-state index contributed by atoms with van der Waals surface area (Å²) in [5, 5.41) is 8.73. The molecule has 1 aromatic rings. The summed E-state index contributed by atoms with van der Waals surface area (Å²) in [5.41, 5.74) is 0.553. The average molecular weight is 354 g/mol. The maximum absolute atomic E-state index is 14.1. The summed E-state index contributed by atoms with van der Waals surface area (Å²) < 4.78 is 31.1. The Kier molecular flexibility index (Phi) is 10.5. The Morgan fingerprint density at radius 3 is 2.58 bits per heavy atom. The molecule has 4 nitrogen and oxygen atoms in total. The molecule has 0 saturated carbocycles. The molecule has 24 heavy (non-hydrogen) atoms. The van der Waals surface area contributed by atoms with Crippen molar-refractivity contribution in [3.05, 3.63) is 29.8 Å². The highest BCUT2D eigenvalue weighted by Crippen LogP contribution is 2.12. The molecule has 1 aromatic carbocycles. The summed E-state index contributed by atoms with van der Waals surface area (Å²) in [4.78, 5) is 2.02. The molecule has 0 radical (unpaired) electrons. The van der Waals surface area contributed by atoms with Crippen molar-refractivity contribution in [3.63, 3.8) is 0 Å². The largest absolute Gasteiger partial charge is 0.616 e. The summed E-state index contributed by atoms with van der Waals surface area (Å²) in [6.45, 7) is 5.84. The van der Waals surface area contributed by atoms with Crippen molar-refractivity contribution in [1.29, 1.82) is 5.26 Å². The van der Waals surface area contributed by atoms with Crippen LogP contribution in [-0.4, -0.2) is 53.4 Å². The van der Waals surface area contributed by atoms with Crippen molar-refractivity contribution >= 4 is 11.2 Å². The Hall–Kier alpha value is -1.29. The number of benzene rings is 1. The van der Waals surface area contributed by atoms with Crippen LogP contribution in [0.4, 0.5) is 4.39 Å². The molecule has 0 aliphatic heterocycles. The molecule has 134 valence electrons. The molecule has 0 aliphatic carbocycles. The third-order valence-electron chi connectivity index (χ3n) is 3.60. The number of hydrogen-bond acceptors (Lipinski definition) is 4. The summed E-state index contributed by atoms with van der Waals surface area (Å²) in [6.07, 6.45) is 0.675. The summed E-state index contributed by atoms with van der Waals surface area (Å²) >= 11 is -0.750. The van der Waals surface area contributed by atoms with Crippen LogP contribution in [0.2, 0.25) is 0 Å². The van der Waals surface area contributed by atoms with Crippen LogP contribution in [0.5, 0.6) is 5.75 Å². The van der Waals surface area contributed by atoms with Crippen molar-refractivity contribution in [2.45, 2.75) is 32.9 Å². The van der Waals surface area contributed by atoms with Gasteiger partial charge in [0.1, 0.15) is 30.0 Å². The quantitative estimate of drug-likeness (QED) is 0.541. The summed E-state index contributed by atoms with van der Waals surface area (Å²) in [5.74, 6) is 1.99. The van der Waals surface area contributed by atoms with Crippen LogP contribution in [0.25, 0.3) is 0 Å². The van der Waals surface area contributed by atoms with E-state index in [4.69, 9.17) is 10.00 Å². The Bertz CT molecular complexity index is 493. The van der Waals surface area contributed by atoms with E-state index in [-0.39, 0.29) is 6.61 Å². The first-order valence-corrected chi connectivity index (χ1v) is 9.92. The fourth-order valence-electron chi connectivity index (χ4n) is 2.30. The van der Waals surface area contributed by atoms with E-state index in [9.17, 15) is 8.94 Å². The molecule has 0 heterocycles. The number of nitriles is 1. The maximum atomic E-state index is 14.1. The number of ether oxygens (including phenoxy) is 1. The molecule has 0 aliphatic rings. The molecule has 0 spiro atoms. The fourth-order valence-corrected chi connectivity index (χ4v) is 3.41. The molecule has 2 atom stereocenters. The van der Waals surface area contributed by atoms with Gasteiger partial charge in [0.2, 0.25) is 0 Å². The predicted octanol–water partition coefficient (Wildman–Crippen LogP) is 3.15. The second-order valence-electron chi connectivity index (χ2n) is 5.64. The second kappa shape index (κ2) is 12.1. The van der Waals surface area contributed by atoms with E-state index < -0.39 is 17.3 Å². The Morgan fingerprint density at radius 1 is 1.29 bits per heavy atom. The van der Waals surface area contributed by atoms with Crippen LogP contribution < -0.4 is 4.74 Å². The second-order valence-corrected chi connectivity index (χ2v) is 7.34. The monoisotopic (exact) mass is 354 g/mol. The topological polar surface area (TPSA) is 59.3 Å². The lowest BCUT2D eigenvalue weighted by Gasteiger charge is -2.22. The van der Waals surface area contributed by atoms with Crippen molar-refractivity contribution in [1.82, 2.24) is 4.90 Å². The van der Waals surface area contributed by atoms with Gasteiger partial charge in [-0.2, -0.15) is 5.26 Å². The Morgan fingerprint density at radius 2 is 2.00 bits per heavy atom. The molecule has 0 bridgehead atoms. The van der Waals surface area contributed by atoms with Gasteiger partial charge in [0.15, 0.2) is 0 Å². The first-order chi connectivity index (χ1) is 11.6. The molecule has 0 saturated heterocycles. The summed E-state index contributed by atoms with van der Waals surface area (Å²) in [6, 6.07) is 8.68. The van der Waals surface area contributed by atoms with Crippen LogP contribution in [0, 0.1) is 11.3 Å². The van der Waals surface area contributed by atoms with Crippen LogP contribution >= 0.6 is 0 Å². The number of nitrogens with zero attached hydrogens (tertiary/aromatic N) is 2. The molecule has 0 N–H and O–H groups in total. The molecule has 0 fully saturated rings. The van der Waals surface area contributed by atoms with Crippen molar-refractivity contribution < 1.29 is 13.7 Å². The lowest BCUT2D eigenvalue weighted by molar-refractivity contribution is 0.140. The lowest BCUT2D eigenvalue weighted by atomic mass is 10.2. The van der Waals surface area contributed by atoms with Crippen LogP contribution in [-0.2, 0) is 11.2 Å².